The quantitative estimate of drug-likeness (QED) is 0.744. The SMILES string of the molecule is CC(C)(C)OC(=O)C(N)CCC(N)C(F)(F)F. The van der Waals surface area contributed by atoms with Gasteiger partial charge in [0.25, 0.3) is 0 Å². The fraction of sp³-hybridized carbons (Fsp3) is 0.900. The Bertz CT molecular complexity index is 261. The molecule has 0 aromatic heterocycles. The number of ether oxygens (including phenoxy) is 1. The van der Waals surface area contributed by atoms with Crippen molar-refractivity contribution < 1.29 is 22.7 Å². The Kier molecular flexibility index (Phi) is 5.41. The lowest BCUT2D eigenvalue weighted by Gasteiger charge is -2.23. The fourth-order valence-electron chi connectivity index (χ4n) is 1.02. The molecule has 0 bridgehead atoms. The maximum Gasteiger partial charge on any atom is 0.403 e. The van der Waals surface area contributed by atoms with E-state index in [4.69, 9.17) is 16.2 Å². The summed E-state index contributed by atoms with van der Waals surface area (Å²) in [5.41, 5.74) is 9.60. The number of nitrogens with two attached hydrogens (primary N) is 2. The summed E-state index contributed by atoms with van der Waals surface area (Å²) in [5, 5.41) is 0. The number of esters is 1. The minimum absolute atomic E-state index is 0.157. The molecule has 2 atom stereocenters. The summed E-state index contributed by atoms with van der Waals surface area (Å²) < 4.78 is 41.2. The van der Waals surface area contributed by atoms with Gasteiger partial charge in [-0.05, 0) is 33.6 Å². The third-order valence-electron chi connectivity index (χ3n) is 1.92. The molecule has 0 aliphatic rings. The highest BCUT2D eigenvalue weighted by Gasteiger charge is 2.37. The molecule has 2 unspecified atom stereocenters. The Balaban J connectivity index is 4.11. The first-order valence-electron chi connectivity index (χ1n) is 5.24. The highest BCUT2D eigenvalue weighted by Crippen LogP contribution is 2.22. The summed E-state index contributed by atoms with van der Waals surface area (Å²) >= 11 is 0. The highest BCUT2D eigenvalue weighted by molar-refractivity contribution is 5.75. The lowest BCUT2D eigenvalue weighted by atomic mass is 10.1. The number of carbonyl (C=O) groups excluding carboxylic acids is 1. The van der Waals surface area contributed by atoms with Gasteiger partial charge >= 0.3 is 12.1 Å². The van der Waals surface area contributed by atoms with Crippen molar-refractivity contribution in [3.63, 3.8) is 0 Å². The summed E-state index contributed by atoms with van der Waals surface area (Å²) in [4.78, 5) is 11.4. The Morgan fingerprint density at radius 3 is 2.00 bits per heavy atom. The Labute approximate surface area is 98.5 Å². The molecule has 4 N–H and O–H groups in total. The molecule has 0 rings (SSSR count). The van der Waals surface area contributed by atoms with Crippen molar-refractivity contribution in [3.8, 4) is 0 Å². The van der Waals surface area contributed by atoms with Crippen LogP contribution in [-0.2, 0) is 9.53 Å². The van der Waals surface area contributed by atoms with E-state index in [9.17, 15) is 18.0 Å². The number of carbonyl (C=O) groups is 1. The van der Waals surface area contributed by atoms with Crippen LogP contribution in [0, 0.1) is 0 Å². The van der Waals surface area contributed by atoms with Crippen molar-refractivity contribution >= 4 is 5.97 Å². The van der Waals surface area contributed by atoms with Crippen LogP contribution in [0.3, 0.4) is 0 Å². The number of rotatable bonds is 4. The van der Waals surface area contributed by atoms with Crippen LogP contribution < -0.4 is 11.5 Å². The summed E-state index contributed by atoms with van der Waals surface area (Å²) in [7, 11) is 0. The second-order valence-electron chi connectivity index (χ2n) is 4.87. The normalized spacial score (nSPS) is 16.5. The third-order valence-corrected chi connectivity index (χ3v) is 1.92. The van der Waals surface area contributed by atoms with E-state index in [0.29, 0.717) is 0 Å². The van der Waals surface area contributed by atoms with Gasteiger partial charge in [0.2, 0.25) is 0 Å². The molecule has 0 spiro atoms. The van der Waals surface area contributed by atoms with Crippen LogP contribution in [0.5, 0.6) is 0 Å². The van der Waals surface area contributed by atoms with Gasteiger partial charge in [0.15, 0.2) is 0 Å². The Morgan fingerprint density at radius 1 is 1.18 bits per heavy atom. The zero-order valence-corrected chi connectivity index (χ0v) is 10.2. The van der Waals surface area contributed by atoms with E-state index >= 15 is 0 Å². The minimum Gasteiger partial charge on any atom is -0.459 e. The van der Waals surface area contributed by atoms with Crippen LogP contribution in [-0.4, -0.2) is 29.8 Å². The minimum atomic E-state index is -4.46. The first-order chi connectivity index (χ1) is 7.43. The molecule has 0 aromatic rings. The van der Waals surface area contributed by atoms with E-state index in [2.05, 4.69) is 0 Å². The molecule has 102 valence electrons. The topological polar surface area (TPSA) is 78.3 Å². The van der Waals surface area contributed by atoms with Crippen LogP contribution in [0.1, 0.15) is 33.6 Å². The zero-order chi connectivity index (χ0) is 13.9. The van der Waals surface area contributed by atoms with Crippen molar-refractivity contribution in [2.45, 2.75) is 57.5 Å². The molecule has 4 nitrogen and oxygen atoms in total. The molecular weight excluding hydrogens is 237 g/mol. The lowest BCUT2D eigenvalue weighted by molar-refractivity contribution is -0.159. The zero-order valence-electron chi connectivity index (χ0n) is 10.2. The molecule has 17 heavy (non-hydrogen) atoms. The van der Waals surface area contributed by atoms with Gasteiger partial charge in [0.1, 0.15) is 17.7 Å². The Morgan fingerprint density at radius 2 is 1.65 bits per heavy atom. The second kappa shape index (κ2) is 5.68. The van der Waals surface area contributed by atoms with Crippen LogP contribution >= 0.6 is 0 Å². The number of halogens is 3. The fourth-order valence-corrected chi connectivity index (χ4v) is 1.02. The van der Waals surface area contributed by atoms with Crippen LogP contribution in [0.4, 0.5) is 13.2 Å². The number of alkyl halides is 3. The van der Waals surface area contributed by atoms with Gasteiger partial charge in [-0.1, -0.05) is 0 Å². The smallest absolute Gasteiger partial charge is 0.403 e. The predicted molar refractivity (Wildman–Crippen MR) is 57.1 cm³/mol. The van der Waals surface area contributed by atoms with Gasteiger partial charge < -0.3 is 16.2 Å². The van der Waals surface area contributed by atoms with Gasteiger partial charge in [-0.3, -0.25) is 4.79 Å². The van der Waals surface area contributed by atoms with Gasteiger partial charge in [-0.25, -0.2) is 0 Å². The second-order valence-corrected chi connectivity index (χ2v) is 4.87. The molecule has 0 heterocycles. The van der Waals surface area contributed by atoms with Crippen molar-refractivity contribution in [2.24, 2.45) is 11.5 Å². The largest absolute Gasteiger partial charge is 0.459 e. The number of hydrogen-bond acceptors (Lipinski definition) is 4. The standard InChI is InChI=1S/C10H19F3N2O2/c1-9(2,3)17-8(16)6(14)4-5-7(15)10(11,12)13/h6-7H,4-5,14-15H2,1-3H3. The van der Waals surface area contributed by atoms with E-state index in [1.165, 1.54) is 0 Å². The van der Waals surface area contributed by atoms with E-state index in [0.717, 1.165) is 0 Å². The van der Waals surface area contributed by atoms with E-state index < -0.39 is 36.3 Å². The van der Waals surface area contributed by atoms with Crippen molar-refractivity contribution in [2.75, 3.05) is 0 Å². The first kappa shape index (κ1) is 16.2. The maximum atomic E-state index is 12.1. The molecule has 0 aliphatic heterocycles. The van der Waals surface area contributed by atoms with Gasteiger partial charge in [0.05, 0.1) is 0 Å². The molecular formula is C10H19F3N2O2. The Hall–Kier alpha value is -0.820. The number of hydrogen-bond donors (Lipinski definition) is 2. The van der Waals surface area contributed by atoms with Gasteiger partial charge in [-0.2, -0.15) is 13.2 Å². The summed E-state index contributed by atoms with van der Waals surface area (Å²) in [5.74, 6) is -0.716. The molecule has 0 radical (unpaired) electrons. The average molecular weight is 256 g/mol. The molecule has 0 amide bonds. The van der Waals surface area contributed by atoms with Crippen molar-refractivity contribution in [1.82, 2.24) is 0 Å². The van der Waals surface area contributed by atoms with Gasteiger partial charge in [0, 0.05) is 0 Å². The van der Waals surface area contributed by atoms with Crippen LogP contribution in [0.2, 0.25) is 0 Å². The summed E-state index contributed by atoms with van der Waals surface area (Å²) in [6.07, 6.45) is -5.02. The molecule has 0 aromatic carbocycles. The van der Waals surface area contributed by atoms with Crippen LogP contribution in [0.25, 0.3) is 0 Å². The maximum absolute atomic E-state index is 12.1. The van der Waals surface area contributed by atoms with Crippen molar-refractivity contribution in [1.29, 1.82) is 0 Å². The van der Waals surface area contributed by atoms with Crippen molar-refractivity contribution in [3.05, 3.63) is 0 Å². The molecule has 0 fully saturated rings. The monoisotopic (exact) mass is 256 g/mol. The summed E-state index contributed by atoms with van der Waals surface area (Å²) in [6.45, 7) is 4.96. The summed E-state index contributed by atoms with van der Waals surface area (Å²) in [6, 6.07) is -3.04. The molecule has 7 heteroatoms. The van der Waals surface area contributed by atoms with Gasteiger partial charge in [-0.15, -0.1) is 0 Å². The first-order valence-corrected chi connectivity index (χ1v) is 5.24. The molecule has 0 aliphatic carbocycles. The average Bonchev–Trinajstić information content (AvgIpc) is 2.08. The van der Waals surface area contributed by atoms with Crippen LogP contribution in [0.15, 0.2) is 0 Å². The van der Waals surface area contributed by atoms with E-state index in [1.807, 2.05) is 0 Å². The highest BCUT2D eigenvalue weighted by atomic mass is 19.4. The molecule has 0 saturated carbocycles. The van der Waals surface area contributed by atoms with E-state index in [1.54, 1.807) is 20.8 Å². The van der Waals surface area contributed by atoms with E-state index in [-0.39, 0.29) is 6.42 Å². The lowest BCUT2D eigenvalue weighted by Crippen LogP contribution is -2.41. The predicted octanol–water partition coefficient (Wildman–Crippen LogP) is 1.33. The third kappa shape index (κ3) is 7.17. The molecule has 0 saturated heterocycles.